The van der Waals surface area contributed by atoms with Crippen LogP contribution in [-0.4, -0.2) is 54.9 Å². The van der Waals surface area contributed by atoms with Gasteiger partial charge in [0.15, 0.2) is 0 Å². The Hall–Kier alpha value is -4.22. The lowest BCUT2D eigenvalue weighted by molar-refractivity contribution is -0.129. The van der Waals surface area contributed by atoms with Crippen LogP contribution in [0, 0.1) is 11.3 Å². The number of carbonyl (C=O) groups excluding carboxylic acids is 2. The summed E-state index contributed by atoms with van der Waals surface area (Å²) in [7, 11) is 1.80. The molecular weight excluding hydrogens is 452 g/mol. The van der Waals surface area contributed by atoms with E-state index < -0.39 is 6.04 Å². The first kappa shape index (κ1) is 24.9. The third-order valence-corrected chi connectivity index (χ3v) is 6.45. The second-order valence-corrected chi connectivity index (χ2v) is 9.01. The SMILES string of the molecule is C[C@@H](CNC(C(=O)Nc1ccc(N2CCN(C)C(=O)C2)cn1)c1ccccc1)c1ccc(C#N)cc1. The lowest BCUT2D eigenvalue weighted by Crippen LogP contribution is -2.48. The highest BCUT2D eigenvalue weighted by atomic mass is 16.2. The van der Waals surface area contributed by atoms with Crippen molar-refractivity contribution in [3.8, 4) is 6.07 Å². The molecule has 0 bridgehead atoms. The highest BCUT2D eigenvalue weighted by Crippen LogP contribution is 2.21. The van der Waals surface area contributed by atoms with Crippen LogP contribution in [0.15, 0.2) is 72.9 Å². The molecule has 1 aromatic heterocycles. The standard InChI is InChI=1S/C28H30N6O2/c1-20(22-10-8-21(16-29)9-11-22)17-31-27(23-6-4-3-5-7-23)28(36)32-25-13-12-24(18-30-25)34-15-14-33(2)26(35)19-34/h3-13,18,20,27,31H,14-15,17,19H2,1-2H3,(H,30,32,36)/t20-,27?/m0/s1. The lowest BCUT2D eigenvalue weighted by atomic mass is 9.98. The molecule has 2 heterocycles. The van der Waals surface area contributed by atoms with E-state index in [-0.39, 0.29) is 17.7 Å². The van der Waals surface area contributed by atoms with Crippen LogP contribution >= 0.6 is 0 Å². The minimum absolute atomic E-state index is 0.0747. The van der Waals surface area contributed by atoms with Gasteiger partial charge >= 0.3 is 0 Å². The second kappa shape index (κ2) is 11.5. The van der Waals surface area contributed by atoms with Crippen molar-refractivity contribution < 1.29 is 9.59 Å². The predicted molar refractivity (Wildman–Crippen MR) is 139 cm³/mol. The monoisotopic (exact) mass is 482 g/mol. The number of nitrogens with one attached hydrogen (secondary N) is 2. The number of anilines is 2. The Morgan fingerprint density at radius 1 is 1.06 bits per heavy atom. The molecule has 2 N–H and O–H groups in total. The zero-order valence-electron chi connectivity index (χ0n) is 20.5. The van der Waals surface area contributed by atoms with Crippen molar-refractivity contribution in [2.45, 2.75) is 18.9 Å². The Morgan fingerprint density at radius 2 is 1.81 bits per heavy atom. The third kappa shape index (κ3) is 6.06. The van der Waals surface area contributed by atoms with E-state index >= 15 is 0 Å². The number of benzene rings is 2. The fraction of sp³-hybridized carbons (Fsp3) is 0.286. The van der Waals surface area contributed by atoms with Crippen molar-refractivity contribution in [1.29, 1.82) is 5.26 Å². The molecule has 0 radical (unpaired) electrons. The molecule has 8 nitrogen and oxygen atoms in total. The fourth-order valence-electron chi connectivity index (χ4n) is 4.13. The van der Waals surface area contributed by atoms with Crippen LogP contribution in [0.3, 0.4) is 0 Å². The highest BCUT2D eigenvalue weighted by Gasteiger charge is 2.23. The highest BCUT2D eigenvalue weighted by molar-refractivity contribution is 5.95. The molecule has 184 valence electrons. The van der Waals surface area contributed by atoms with Gasteiger partial charge in [-0.1, -0.05) is 49.4 Å². The first-order valence-electron chi connectivity index (χ1n) is 12.0. The van der Waals surface area contributed by atoms with Gasteiger partial charge in [0.05, 0.1) is 30.1 Å². The molecule has 1 aliphatic rings. The molecule has 3 aromatic rings. The molecule has 1 fully saturated rings. The number of carbonyl (C=O) groups is 2. The second-order valence-electron chi connectivity index (χ2n) is 9.01. The smallest absolute Gasteiger partial charge is 0.247 e. The Morgan fingerprint density at radius 3 is 2.44 bits per heavy atom. The summed E-state index contributed by atoms with van der Waals surface area (Å²) >= 11 is 0. The maximum atomic E-state index is 13.3. The first-order chi connectivity index (χ1) is 17.4. The molecule has 2 aromatic carbocycles. The molecule has 8 heteroatoms. The molecule has 0 saturated carbocycles. The molecule has 4 rings (SSSR count). The zero-order valence-corrected chi connectivity index (χ0v) is 20.5. The van der Waals surface area contributed by atoms with Crippen molar-refractivity contribution in [3.63, 3.8) is 0 Å². The number of hydrogen-bond donors (Lipinski definition) is 2. The summed E-state index contributed by atoms with van der Waals surface area (Å²) in [4.78, 5) is 33.4. The van der Waals surface area contributed by atoms with Crippen LogP contribution in [0.2, 0.25) is 0 Å². The van der Waals surface area contributed by atoms with E-state index in [1.165, 1.54) is 0 Å². The van der Waals surface area contributed by atoms with Gasteiger partial charge in [0, 0.05) is 26.7 Å². The summed E-state index contributed by atoms with van der Waals surface area (Å²) in [6, 6.07) is 22.3. The number of hydrogen-bond acceptors (Lipinski definition) is 6. The van der Waals surface area contributed by atoms with Gasteiger partial charge in [-0.25, -0.2) is 4.98 Å². The molecule has 2 atom stereocenters. The molecule has 1 unspecified atom stereocenters. The van der Waals surface area contributed by atoms with Crippen LogP contribution in [0.1, 0.15) is 35.6 Å². The van der Waals surface area contributed by atoms with Gasteiger partial charge in [0.2, 0.25) is 11.8 Å². The number of amides is 2. The number of likely N-dealkylation sites (N-methyl/N-ethyl adjacent to an activating group) is 1. The van der Waals surface area contributed by atoms with Gasteiger partial charge in [-0.05, 0) is 41.3 Å². The molecule has 1 aliphatic heterocycles. The largest absolute Gasteiger partial charge is 0.359 e. The summed E-state index contributed by atoms with van der Waals surface area (Å²) in [5, 5.41) is 15.3. The van der Waals surface area contributed by atoms with Gasteiger partial charge in [-0.3, -0.25) is 9.59 Å². The maximum absolute atomic E-state index is 13.3. The summed E-state index contributed by atoms with van der Waals surface area (Å²) in [6.07, 6.45) is 1.69. The molecular formula is C28H30N6O2. The van der Waals surface area contributed by atoms with Crippen molar-refractivity contribution in [2.75, 3.05) is 43.4 Å². The molecule has 0 aliphatic carbocycles. The summed E-state index contributed by atoms with van der Waals surface area (Å²) in [6.45, 7) is 4.39. The Bertz CT molecular complexity index is 1220. The van der Waals surface area contributed by atoms with E-state index in [0.29, 0.717) is 31.0 Å². The van der Waals surface area contributed by atoms with Gasteiger partial charge in [-0.15, -0.1) is 0 Å². The number of nitriles is 1. The number of piperazine rings is 1. The van der Waals surface area contributed by atoms with E-state index in [9.17, 15) is 9.59 Å². The molecule has 0 spiro atoms. The van der Waals surface area contributed by atoms with Crippen molar-refractivity contribution in [3.05, 3.63) is 89.6 Å². The van der Waals surface area contributed by atoms with E-state index in [1.54, 1.807) is 36.3 Å². The van der Waals surface area contributed by atoms with Crippen molar-refractivity contribution in [2.24, 2.45) is 0 Å². The third-order valence-electron chi connectivity index (χ3n) is 6.45. The van der Waals surface area contributed by atoms with Crippen LogP contribution in [0.5, 0.6) is 0 Å². The van der Waals surface area contributed by atoms with Gasteiger partial charge in [0.1, 0.15) is 11.9 Å². The molecule has 36 heavy (non-hydrogen) atoms. The van der Waals surface area contributed by atoms with Crippen LogP contribution in [-0.2, 0) is 9.59 Å². The summed E-state index contributed by atoms with van der Waals surface area (Å²) in [5.74, 6) is 0.460. The maximum Gasteiger partial charge on any atom is 0.247 e. The Balaban J connectivity index is 1.42. The minimum Gasteiger partial charge on any atom is -0.359 e. The van der Waals surface area contributed by atoms with Crippen LogP contribution in [0.4, 0.5) is 11.5 Å². The van der Waals surface area contributed by atoms with Crippen molar-refractivity contribution >= 4 is 23.3 Å². The average molecular weight is 483 g/mol. The van der Waals surface area contributed by atoms with Gasteiger partial charge in [-0.2, -0.15) is 5.26 Å². The van der Waals surface area contributed by atoms with Crippen LogP contribution < -0.4 is 15.5 Å². The Kier molecular flexibility index (Phi) is 7.93. The quantitative estimate of drug-likeness (QED) is 0.511. The minimum atomic E-state index is -0.566. The normalized spacial score (nSPS) is 15.2. The summed E-state index contributed by atoms with van der Waals surface area (Å²) < 4.78 is 0. The number of pyridine rings is 1. The predicted octanol–water partition coefficient (Wildman–Crippen LogP) is 3.30. The molecule has 2 amide bonds. The van der Waals surface area contributed by atoms with E-state index in [0.717, 1.165) is 23.4 Å². The Labute approximate surface area is 211 Å². The van der Waals surface area contributed by atoms with Gasteiger partial charge in [0.25, 0.3) is 0 Å². The topological polar surface area (TPSA) is 101 Å². The van der Waals surface area contributed by atoms with Crippen LogP contribution in [0.25, 0.3) is 0 Å². The summed E-state index contributed by atoms with van der Waals surface area (Å²) in [5.41, 5.74) is 3.42. The van der Waals surface area contributed by atoms with E-state index in [1.807, 2.05) is 53.4 Å². The van der Waals surface area contributed by atoms with E-state index in [2.05, 4.69) is 28.6 Å². The van der Waals surface area contributed by atoms with Crippen molar-refractivity contribution in [1.82, 2.24) is 15.2 Å². The van der Waals surface area contributed by atoms with E-state index in [4.69, 9.17) is 5.26 Å². The van der Waals surface area contributed by atoms with Gasteiger partial charge < -0.3 is 20.4 Å². The zero-order chi connectivity index (χ0) is 25.5. The lowest BCUT2D eigenvalue weighted by Gasteiger charge is -2.33. The number of aromatic nitrogens is 1. The fourth-order valence-corrected chi connectivity index (χ4v) is 4.13. The number of rotatable bonds is 8. The molecule has 1 saturated heterocycles. The number of nitrogens with zero attached hydrogens (tertiary/aromatic N) is 4. The first-order valence-corrected chi connectivity index (χ1v) is 12.0. The average Bonchev–Trinajstić information content (AvgIpc) is 2.91.